The molecule has 0 amide bonds. The van der Waals surface area contributed by atoms with Gasteiger partial charge in [-0.3, -0.25) is 5.10 Å². The summed E-state index contributed by atoms with van der Waals surface area (Å²) in [5.41, 5.74) is 0.525. The first-order valence-corrected chi connectivity index (χ1v) is 7.04. The molecular formula is C14H19N5O2. The number of nitrogens with one attached hydrogen (secondary N) is 2. The van der Waals surface area contributed by atoms with Gasteiger partial charge in [0.05, 0.1) is 5.56 Å². The van der Waals surface area contributed by atoms with Crippen LogP contribution >= 0.6 is 0 Å². The van der Waals surface area contributed by atoms with Crippen molar-refractivity contribution in [3.8, 4) is 22.9 Å². The number of anilines is 1. The van der Waals surface area contributed by atoms with E-state index in [2.05, 4.69) is 25.4 Å². The predicted octanol–water partition coefficient (Wildman–Crippen LogP) is 1.07. The van der Waals surface area contributed by atoms with Gasteiger partial charge in [0.25, 0.3) is 0 Å². The SMILES string of the molecule is CNC1CCN(c2n[nH]c(-c3ccc(O)cc3O)n2)CC1. The Morgan fingerprint density at radius 1 is 1.29 bits per heavy atom. The van der Waals surface area contributed by atoms with Crippen LogP contribution in [0.15, 0.2) is 18.2 Å². The molecule has 0 bridgehead atoms. The maximum atomic E-state index is 9.86. The van der Waals surface area contributed by atoms with E-state index < -0.39 is 0 Å². The number of benzene rings is 1. The topological polar surface area (TPSA) is 97.3 Å². The zero-order valence-corrected chi connectivity index (χ0v) is 11.9. The highest BCUT2D eigenvalue weighted by Gasteiger charge is 2.21. The van der Waals surface area contributed by atoms with Crippen LogP contribution in [-0.4, -0.2) is 51.6 Å². The van der Waals surface area contributed by atoms with E-state index in [-0.39, 0.29) is 11.5 Å². The molecule has 4 N–H and O–H groups in total. The summed E-state index contributed by atoms with van der Waals surface area (Å²) in [6.45, 7) is 1.81. The molecule has 1 saturated heterocycles. The van der Waals surface area contributed by atoms with Gasteiger partial charge in [0.15, 0.2) is 5.82 Å². The smallest absolute Gasteiger partial charge is 0.245 e. The molecule has 7 heteroatoms. The second-order valence-corrected chi connectivity index (χ2v) is 5.24. The number of phenolic OH excluding ortho intramolecular Hbond substituents is 2. The summed E-state index contributed by atoms with van der Waals surface area (Å²) in [7, 11) is 1.98. The minimum Gasteiger partial charge on any atom is -0.508 e. The van der Waals surface area contributed by atoms with E-state index >= 15 is 0 Å². The zero-order valence-electron chi connectivity index (χ0n) is 11.9. The Morgan fingerprint density at radius 3 is 2.71 bits per heavy atom. The van der Waals surface area contributed by atoms with Crippen molar-refractivity contribution in [1.29, 1.82) is 0 Å². The molecule has 0 atom stereocenters. The lowest BCUT2D eigenvalue weighted by Crippen LogP contribution is -2.41. The highest BCUT2D eigenvalue weighted by molar-refractivity contribution is 5.65. The van der Waals surface area contributed by atoms with Crippen LogP contribution in [0.5, 0.6) is 11.5 Å². The van der Waals surface area contributed by atoms with Crippen molar-refractivity contribution in [2.45, 2.75) is 18.9 Å². The quantitative estimate of drug-likeness (QED) is 0.675. The maximum Gasteiger partial charge on any atom is 0.245 e. The summed E-state index contributed by atoms with van der Waals surface area (Å²) < 4.78 is 0. The molecule has 1 aliphatic heterocycles. The van der Waals surface area contributed by atoms with Crippen LogP contribution in [0, 0.1) is 0 Å². The second-order valence-electron chi connectivity index (χ2n) is 5.24. The molecule has 2 heterocycles. The first kappa shape index (κ1) is 13.7. The van der Waals surface area contributed by atoms with Crippen LogP contribution in [0.1, 0.15) is 12.8 Å². The van der Waals surface area contributed by atoms with Crippen LogP contribution in [0.2, 0.25) is 0 Å². The van der Waals surface area contributed by atoms with Crippen molar-refractivity contribution in [3.63, 3.8) is 0 Å². The molecule has 0 spiro atoms. The van der Waals surface area contributed by atoms with E-state index in [0.717, 1.165) is 25.9 Å². The number of aromatic nitrogens is 3. The zero-order chi connectivity index (χ0) is 14.8. The Labute approximate surface area is 122 Å². The van der Waals surface area contributed by atoms with Crippen molar-refractivity contribution < 1.29 is 10.2 Å². The summed E-state index contributed by atoms with van der Waals surface area (Å²) in [6.07, 6.45) is 2.12. The predicted molar refractivity (Wildman–Crippen MR) is 79.4 cm³/mol. The molecular weight excluding hydrogens is 270 g/mol. The molecule has 2 aromatic rings. The summed E-state index contributed by atoms with van der Waals surface area (Å²) in [5, 5.41) is 29.5. The second kappa shape index (κ2) is 5.61. The standard InChI is InChI=1S/C14H19N5O2/c1-15-9-4-6-19(7-5-9)14-16-13(17-18-14)11-3-2-10(20)8-12(11)21/h2-3,8-9,15,20-21H,4-7H2,1H3,(H,16,17,18). The molecule has 3 rings (SSSR count). The van der Waals surface area contributed by atoms with Gasteiger partial charge in [-0.1, -0.05) is 0 Å². The van der Waals surface area contributed by atoms with E-state index in [1.54, 1.807) is 6.07 Å². The van der Waals surface area contributed by atoms with Crippen molar-refractivity contribution in [2.75, 3.05) is 25.0 Å². The largest absolute Gasteiger partial charge is 0.508 e. The number of aromatic hydroxyl groups is 2. The van der Waals surface area contributed by atoms with Crippen LogP contribution in [0.4, 0.5) is 5.95 Å². The van der Waals surface area contributed by atoms with E-state index in [1.165, 1.54) is 12.1 Å². The molecule has 0 saturated carbocycles. The molecule has 0 radical (unpaired) electrons. The molecule has 1 aromatic heterocycles. The average Bonchev–Trinajstić information content (AvgIpc) is 2.97. The van der Waals surface area contributed by atoms with E-state index in [0.29, 0.717) is 23.4 Å². The molecule has 1 fully saturated rings. The van der Waals surface area contributed by atoms with Gasteiger partial charge in [-0.05, 0) is 32.0 Å². The fourth-order valence-corrected chi connectivity index (χ4v) is 2.60. The molecule has 7 nitrogen and oxygen atoms in total. The van der Waals surface area contributed by atoms with Gasteiger partial charge in [0.1, 0.15) is 11.5 Å². The van der Waals surface area contributed by atoms with Gasteiger partial charge in [-0.15, -0.1) is 5.10 Å². The summed E-state index contributed by atoms with van der Waals surface area (Å²) >= 11 is 0. The number of aromatic amines is 1. The normalized spacial score (nSPS) is 16.3. The van der Waals surface area contributed by atoms with Crippen molar-refractivity contribution in [3.05, 3.63) is 18.2 Å². The van der Waals surface area contributed by atoms with Crippen molar-refractivity contribution in [2.24, 2.45) is 0 Å². The number of nitrogens with zero attached hydrogens (tertiary/aromatic N) is 3. The highest BCUT2D eigenvalue weighted by atomic mass is 16.3. The molecule has 112 valence electrons. The number of phenols is 2. The highest BCUT2D eigenvalue weighted by Crippen LogP contribution is 2.30. The first-order chi connectivity index (χ1) is 10.2. The minimum absolute atomic E-state index is 0.0186. The number of hydrogen-bond donors (Lipinski definition) is 4. The molecule has 21 heavy (non-hydrogen) atoms. The lowest BCUT2D eigenvalue weighted by atomic mass is 10.1. The number of hydrogen-bond acceptors (Lipinski definition) is 6. The summed E-state index contributed by atoms with van der Waals surface area (Å²) in [6, 6.07) is 4.97. The van der Waals surface area contributed by atoms with Crippen LogP contribution < -0.4 is 10.2 Å². The first-order valence-electron chi connectivity index (χ1n) is 7.04. The molecule has 1 aromatic carbocycles. The lowest BCUT2D eigenvalue weighted by Gasteiger charge is -2.30. The molecule has 0 aliphatic carbocycles. The van der Waals surface area contributed by atoms with Gasteiger partial charge in [0.2, 0.25) is 5.95 Å². The van der Waals surface area contributed by atoms with Crippen LogP contribution in [0.3, 0.4) is 0 Å². The van der Waals surface area contributed by atoms with Gasteiger partial charge < -0.3 is 20.4 Å². The summed E-state index contributed by atoms with van der Waals surface area (Å²) in [4.78, 5) is 6.57. The molecule has 0 unspecified atom stereocenters. The third-order valence-electron chi connectivity index (χ3n) is 3.90. The molecule has 1 aliphatic rings. The van der Waals surface area contributed by atoms with Gasteiger partial charge >= 0.3 is 0 Å². The Kier molecular flexibility index (Phi) is 3.66. The van der Waals surface area contributed by atoms with Crippen molar-refractivity contribution >= 4 is 5.95 Å². The van der Waals surface area contributed by atoms with Gasteiger partial charge in [-0.2, -0.15) is 4.98 Å². The number of H-pyrrole nitrogens is 1. The Morgan fingerprint density at radius 2 is 2.05 bits per heavy atom. The Hall–Kier alpha value is -2.28. The monoisotopic (exact) mass is 289 g/mol. The average molecular weight is 289 g/mol. The van der Waals surface area contributed by atoms with E-state index in [1.807, 2.05) is 7.05 Å². The third-order valence-corrected chi connectivity index (χ3v) is 3.90. The lowest BCUT2D eigenvalue weighted by molar-refractivity contribution is 0.439. The summed E-state index contributed by atoms with van der Waals surface area (Å²) in [5.74, 6) is 1.14. The van der Waals surface area contributed by atoms with Crippen LogP contribution in [0.25, 0.3) is 11.4 Å². The number of piperidine rings is 1. The van der Waals surface area contributed by atoms with Gasteiger partial charge in [0, 0.05) is 25.2 Å². The van der Waals surface area contributed by atoms with Gasteiger partial charge in [-0.25, -0.2) is 0 Å². The number of rotatable bonds is 3. The Balaban J connectivity index is 1.77. The van der Waals surface area contributed by atoms with E-state index in [9.17, 15) is 10.2 Å². The minimum atomic E-state index is -0.0217. The van der Waals surface area contributed by atoms with Crippen molar-refractivity contribution in [1.82, 2.24) is 20.5 Å². The Bertz CT molecular complexity index is 620. The maximum absolute atomic E-state index is 9.86. The van der Waals surface area contributed by atoms with E-state index in [4.69, 9.17) is 0 Å². The third kappa shape index (κ3) is 2.78. The van der Waals surface area contributed by atoms with Crippen LogP contribution in [-0.2, 0) is 0 Å². The fourth-order valence-electron chi connectivity index (χ4n) is 2.60. The fraction of sp³-hybridized carbons (Fsp3) is 0.429.